The van der Waals surface area contributed by atoms with Gasteiger partial charge in [-0.25, -0.2) is 4.79 Å². The van der Waals surface area contributed by atoms with E-state index in [1.165, 1.54) is 6.55 Å². The first-order chi connectivity index (χ1) is 6.20. The van der Waals surface area contributed by atoms with Crippen molar-refractivity contribution in [2.75, 3.05) is 6.23 Å². The minimum absolute atomic E-state index is 0.0849. The topological polar surface area (TPSA) is 26.3 Å². The van der Waals surface area contributed by atoms with Crippen LogP contribution >= 0.6 is 0 Å². The van der Waals surface area contributed by atoms with Crippen LogP contribution in [0.5, 0.6) is 0 Å². The first-order valence-electron chi connectivity index (χ1n) is 3.90. The minimum Gasteiger partial charge on any atom is -0.463 e. The molecule has 0 heterocycles. The Hall–Kier alpha value is -1.16. The monoisotopic (exact) mass is 197 g/mol. The molecular weight excluding hydrogens is 187 g/mol. The summed E-state index contributed by atoms with van der Waals surface area (Å²) in [6, 6.07) is 8.57. The number of benzene rings is 1. The Labute approximate surface area is 78.1 Å². The first kappa shape index (κ1) is 9.92. The summed E-state index contributed by atoms with van der Waals surface area (Å²) < 4.78 is 17.1. The lowest BCUT2D eigenvalue weighted by atomic mass is 10.2. The van der Waals surface area contributed by atoms with E-state index in [1.807, 2.05) is 0 Å². The van der Waals surface area contributed by atoms with Crippen LogP contribution in [-0.4, -0.2) is 21.3 Å². The molecule has 0 saturated heterocycles. The molecule has 0 fully saturated rings. The molecule has 69 valence electrons. The second kappa shape index (κ2) is 4.76. The fraction of sp³-hybridized carbons (Fsp3) is 0.222. The Bertz CT molecular complexity index is 274. The fourth-order valence-electron chi connectivity index (χ4n) is 0.823. The zero-order valence-corrected chi connectivity index (χ0v) is 8.29. The van der Waals surface area contributed by atoms with E-state index in [0.717, 1.165) is 0 Å². The zero-order chi connectivity index (χ0) is 9.68. The highest BCUT2D eigenvalue weighted by atomic mass is 28.3. The van der Waals surface area contributed by atoms with Gasteiger partial charge >= 0.3 is 15.1 Å². The van der Waals surface area contributed by atoms with Gasteiger partial charge in [0.2, 0.25) is 0 Å². The number of esters is 1. The number of ether oxygens (including phenoxy) is 1. The molecule has 1 rings (SSSR count). The smallest absolute Gasteiger partial charge is 0.337 e. The van der Waals surface area contributed by atoms with Crippen LogP contribution < -0.4 is 0 Å². The molecule has 0 aliphatic heterocycles. The van der Waals surface area contributed by atoms with Gasteiger partial charge in [-0.15, -0.1) is 0 Å². The molecule has 13 heavy (non-hydrogen) atoms. The first-order valence-corrected chi connectivity index (χ1v) is 5.99. The summed E-state index contributed by atoms with van der Waals surface area (Å²) in [6.45, 7) is 1.45. The van der Waals surface area contributed by atoms with E-state index in [1.54, 1.807) is 30.3 Å². The number of carbonyl (C=O) groups is 1. The van der Waals surface area contributed by atoms with Gasteiger partial charge in [-0.05, 0) is 18.7 Å². The maximum atomic E-state index is 12.4. The van der Waals surface area contributed by atoms with Gasteiger partial charge in [0.05, 0.1) is 5.56 Å². The normalized spacial score (nSPS) is 10.1. The molecule has 0 N–H and O–H groups in total. The largest absolute Gasteiger partial charge is 0.463 e. The molecule has 0 saturated carbocycles. The molecule has 1 aromatic carbocycles. The van der Waals surface area contributed by atoms with Crippen LogP contribution in [0.2, 0.25) is 6.55 Å². The van der Waals surface area contributed by atoms with Crippen molar-refractivity contribution in [1.82, 2.24) is 0 Å². The van der Waals surface area contributed by atoms with Gasteiger partial charge < -0.3 is 8.84 Å². The van der Waals surface area contributed by atoms with E-state index in [4.69, 9.17) is 4.74 Å². The number of hydrogen-bond donors (Lipinski definition) is 0. The van der Waals surface area contributed by atoms with Crippen LogP contribution in [-0.2, 0) is 4.74 Å². The maximum Gasteiger partial charge on any atom is 0.337 e. The molecule has 4 heteroatoms. The molecule has 1 aromatic rings. The van der Waals surface area contributed by atoms with Gasteiger partial charge in [0.1, 0.15) is 6.23 Å². The summed E-state index contributed by atoms with van der Waals surface area (Å²) >= 11 is 0. The lowest BCUT2D eigenvalue weighted by Gasteiger charge is -2.02. The highest BCUT2D eigenvalue weighted by Crippen LogP contribution is 2.01. The highest BCUT2D eigenvalue weighted by Gasteiger charge is 2.09. The Morgan fingerprint density at radius 2 is 2.08 bits per heavy atom. The molecule has 1 radical (unpaired) electrons. The highest BCUT2D eigenvalue weighted by molar-refractivity contribution is 6.49. The molecule has 0 aromatic heterocycles. The molecule has 0 unspecified atom stereocenters. The van der Waals surface area contributed by atoms with Crippen molar-refractivity contribution >= 4 is 15.1 Å². The fourth-order valence-corrected chi connectivity index (χ4v) is 1.15. The quantitative estimate of drug-likeness (QED) is 0.421. The Morgan fingerprint density at radius 3 is 2.62 bits per heavy atom. The Kier molecular flexibility index (Phi) is 3.64. The van der Waals surface area contributed by atoms with Crippen molar-refractivity contribution < 1.29 is 13.6 Å². The van der Waals surface area contributed by atoms with Gasteiger partial charge in [-0.2, -0.15) is 0 Å². The van der Waals surface area contributed by atoms with Crippen LogP contribution in [0.15, 0.2) is 30.3 Å². The molecule has 0 bridgehead atoms. The van der Waals surface area contributed by atoms with Gasteiger partial charge in [0.15, 0.2) is 0 Å². The molecule has 0 aliphatic carbocycles. The van der Waals surface area contributed by atoms with Crippen LogP contribution in [0.1, 0.15) is 10.4 Å². The maximum absolute atomic E-state index is 12.4. The van der Waals surface area contributed by atoms with Crippen molar-refractivity contribution in [3.8, 4) is 0 Å². The molecule has 0 aliphatic rings. The summed E-state index contributed by atoms with van der Waals surface area (Å²) in [5, 5.41) is 0. The SMILES string of the molecule is C[Si](F)COC(=O)c1ccccc1. The average Bonchev–Trinajstić information content (AvgIpc) is 2.15. The molecular formula is C9H10FO2Si. The number of halogens is 1. The molecule has 2 nitrogen and oxygen atoms in total. The van der Waals surface area contributed by atoms with E-state index in [9.17, 15) is 8.90 Å². The standard InChI is InChI=1S/C9H10FO2Si/c1-13(10)7-12-9(11)8-5-3-2-4-6-8/h2-6H,7H2,1H3. The van der Waals surface area contributed by atoms with Crippen molar-refractivity contribution in [2.24, 2.45) is 0 Å². The van der Waals surface area contributed by atoms with Crippen molar-refractivity contribution in [3.63, 3.8) is 0 Å². The molecule has 0 amide bonds. The summed E-state index contributed by atoms with van der Waals surface area (Å²) in [6.07, 6.45) is -0.0849. The van der Waals surface area contributed by atoms with Gasteiger partial charge in [-0.3, -0.25) is 0 Å². The third kappa shape index (κ3) is 3.37. The predicted octanol–water partition coefficient (Wildman–Crippen LogP) is 1.97. The van der Waals surface area contributed by atoms with E-state index < -0.39 is 15.1 Å². The predicted molar refractivity (Wildman–Crippen MR) is 49.5 cm³/mol. The second-order valence-corrected chi connectivity index (χ2v) is 4.26. The summed E-state index contributed by atoms with van der Waals surface area (Å²) in [4.78, 5) is 11.2. The summed E-state index contributed by atoms with van der Waals surface area (Å²) in [5.41, 5.74) is 0.464. The van der Waals surface area contributed by atoms with Crippen LogP contribution in [0.3, 0.4) is 0 Å². The number of rotatable bonds is 3. The molecule has 0 atom stereocenters. The van der Waals surface area contributed by atoms with E-state index >= 15 is 0 Å². The van der Waals surface area contributed by atoms with Gasteiger partial charge in [0.25, 0.3) is 0 Å². The third-order valence-corrected chi connectivity index (χ3v) is 1.95. The van der Waals surface area contributed by atoms with Crippen LogP contribution in [0.4, 0.5) is 4.11 Å². The van der Waals surface area contributed by atoms with Gasteiger partial charge in [-0.1, -0.05) is 18.2 Å². The number of carbonyl (C=O) groups excluding carboxylic acids is 1. The van der Waals surface area contributed by atoms with E-state index in [-0.39, 0.29) is 6.23 Å². The minimum atomic E-state index is -1.98. The van der Waals surface area contributed by atoms with Crippen LogP contribution in [0, 0.1) is 0 Å². The second-order valence-electron chi connectivity index (χ2n) is 2.62. The van der Waals surface area contributed by atoms with Crippen molar-refractivity contribution in [2.45, 2.75) is 6.55 Å². The Balaban J connectivity index is 2.50. The van der Waals surface area contributed by atoms with Crippen LogP contribution in [0.25, 0.3) is 0 Å². The third-order valence-electron chi connectivity index (χ3n) is 1.41. The van der Waals surface area contributed by atoms with E-state index in [0.29, 0.717) is 5.56 Å². The average molecular weight is 197 g/mol. The lowest BCUT2D eigenvalue weighted by Crippen LogP contribution is -2.15. The number of hydrogen-bond acceptors (Lipinski definition) is 2. The summed E-state index contributed by atoms with van der Waals surface area (Å²) in [5.74, 6) is -0.456. The Morgan fingerprint density at radius 1 is 1.46 bits per heavy atom. The van der Waals surface area contributed by atoms with Crippen molar-refractivity contribution in [1.29, 1.82) is 0 Å². The van der Waals surface area contributed by atoms with Gasteiger partial charge in [0, 0.05) is 0 Å². The van der Waals surface area contributed by atoms with Crippen molar-refractivity contribution in [3.05, 3.63) is 35.9 Å². The van der Waals surface area contributed by atoms with E-state index in [2.05, 4.69) is 0 Å². The molecule has 0 spiro atoms. The summed E-state index contributed by atoms with van der Waals surface area (Å²) in [7, 11) is -1.98. The zero-order valence-electron chi connectivity index (χ0n) is 7.29. The lowest BCUT2D eigenvalue weighted by molar-refractivity contribution is 0.0563.